The van der Waals surface area contributed by atoms with E-state index >= 15 is 0 Å². The van der Waals surface area contributed by atoms with Gasteiger partial charge in [0, 0.05) is 37.1 Å². The van der Waals surface area contributed by atoms with Crippen LogP contribution in [0.3, 0.4) is 0 Å². The molecule has 1 amide bonds. The van der Waals surface area contributed by atoms with Crippen molar-refractivity contribution in [3.05, 3.63) is 89.0 Å². The molecular formula is C32H36N2O5. The summed E-state index contributed by atoms with van der Waals surface area (Å²) >= 11 is 0. The number of anilines is 2. The topological polar surface area (TPSA) is 79.3 Å². The van der Waals surface area contributed by atoms with E-state index in [2.05, 4.69) is 0 Å². The van der Waals surface area contributed by atoms with Crippen LogP contribution >= 0.6 is 0 Å². The zero-order valence-electron chi connectivity index (χ0n) is 23.2. The molecule has 1 heterocycles. The highest BCUT2D eigenvalue weighted by Crippen LogP contribution is 2.43. The van der Waals surface area contributed by atoms with Gasteiger partial charge in [0.15, 0.2) is 0 Å². The quantitative estimate of drug-likeness (QED) is 0.190. The van der Waals surface area contributed by atoms with Gasteiger partial charge < -0.3 is 19.5 Å². The smallest absolute Gasteiger partial charge is 0.300 e. The standard InChI is InChI=1S/C32H36N2O5/c1-6-17-38-26-10-8-9-25(20-26)34-29(22-11-14-24(15-12-22)33(4)5)28(31(36)32(34)37)30(35)23-13-16-27(21(3)19-23)39-18-7-2/h8-16,19-20,29,35H,6-7,17-18H2,1-5H3/b30-28+. The predicted molar refractivity (Wildman–Crippen MR) is 155 cm³/mol. The fourth-order valence-corrected chi connectivity index (χ4v) is 4.64. The minimum atomic E-state index is -0.820. The number of rotatable bonds is 10. The van der Waals surface area contributed by atoms with E-state index in [0.717, 1.165) is 24.1 Å². The number of hydrogen-bond donors (Lipinski definition) is 1. The Morgan fingerprint density at radius 2 is 1.62 bits per heavy atom. The lowest BCUT2D eigenvalue weighted by Gasteiger charge is -2.26. The summed E-state index contributed by atoms with van der Waals surface area (Å²) in [4.78, 5) is 30.5. The highest BCUT2D eigenvalue weighted by Gasteiger charge is 2.47. The average Bonchev–Trinajstić information content (AvgIpc) is 3.21. The molecule has 0 saturated carbocycles. The molecule has 1 aliphatic rings. The summed E-state index contributed by atoms with van der Waals surface area (Å²) in [5, 5.41) is 11.5. The number of nitrogens with zero attached hydrogens (tertiary/aromatic N) is 2. The zero-order chi connectivity index (χ0) is 28.1. The van der Waals surface area contributed by atoms with Crippen LogP contribution in [0.25, 0.3) is 5.76 Å². The molecule has 0 bridgehead atoms. The Morgan fingerprint density at radius 1 is 0.923 bits per heavy atom. The number of aryl methyl sites for hydroxylation is 1. The highest BCUT2D eigenvalue weighted by molar-refractivity contribution is 6.51. The molecule has 3 aromatic carbocycles. The maximum Gasteiger partial charge on any atom is 0.300 e. The third kappa shape index (κ3) is 5.77. The second-order valence-corrected chi connectivity index (χ2v) is 9.83. The molecule has 7 heteroatoms. The normalized spacial score (nSPS) is 16.4. The average molecular weight is 529 g/mol. The number of Topliss-reactive ketones (excluding diaryl/α,β-unsaturated/α-hetero) is 1. The molecule has 39 heavy (non-hydrogen) atoms. The Hall–Kier alpha value is -4.26. The predicted octanol–water partition coefficient (Wildman–Crippen LogP) is 6.26. The second-order valence-electron chi connectivity index (χ2n) is 9.83. The zero-order valence-corrected chi connectivity index (χ0v) is 23.2. The molecule has 3 aromatic rings. The molecule has 1 N–H and O–H groups in total. The molecule has 1 fully saturated rings. The summed E-state index contributed by atoms with van der Waals surface area (Å²) in [5.41, 5.74) is 3.52. The fourth-order valence-electron chi connectivity index (χ4n) is 4.64. The molecule has 4 rings (SSSR count). The van der Waals surface area contributed by atoms with Gasteiger partial charge in [0.05, 0.1) is 24.8 Å². The van der Waals surface area contributed by atoms with Crippen LogP contribution in [-0.2, 0) is 9.59 Å². The first-order chi connectivity index (χ1) is 18.8. The SMILES string of the molecule is CCCOc1cccc(N2C(=O)C(=O)/C(=C(/O)c3ccc(OCCC)c(C)c3)C2c2ccc(N(C)C)cc2)c1. The Morgan fingerprint density at radius 3 is 2.26 bits per heavy atom. The van der Waals surface area contributed by atoms with Crippen LogP contribution in [0.1, 0.15) is 49.4 Å². The van der Waals surface area contributed by atoms with E-state index in [9.17, 15) is 14.7 Å². The molecule has 204 valence electrons. The Bertz CT molecular complexity index is 1380. The van der Waals surface area contributed by atoms with Gasteiger partial charge in [0.1, 0.15) is 17.3 Å². The van der Waals surface area contributed by atoms with Gasteiger partial charge >= 0.3 is 0 Å². The van der Waals surface area contributed by atoms with Gasteiger partial charge in [-0.15, -0.1) is 0 Å². The third-order valence-corrected chi connectivity index (χ3v) is 6.65. The molecule has 1 atom stereocenters. The van der Waals surface area contributed by atoms with Crippen LogP contribution in [0.4, 0.5) is 11.4 Å². The number of carbonyl (C=O) groups is 2. The maximum absolute atomic E-state index is 13.5. The lowest BCUT2D eigenvalue weighted by Crippen LogP contribution is -2.29. The summed E-state index contributed by atoms with van der Waals surface area (Å²) < 4.78 is 11.6. The van der Waals surface area contributed by atoms with Gasteiger partial charge in [-0.2, -0.15) is 0 Å². The number of ether oxygens (including phenoxy) is 2. The Balaban J connectivity index is 1.85. The first-order valence-corrected chi connectivity index (χ1v) is 13.3. The van der Waals surface area contributed by atoms with Crippen molar-refractivity contribution in [2.75, 3.05) is 37.1 Å². The molecule has 7 nitrogen and oxygen atoms in total. The largest absolute Gasteiger partial charge is 0.507 e. The van der Waals surface area contributed by atoms with Gasteiger partial charge in [-0.05, 0) is 73.4 Å². The van der Waals surface area contributed by atoms with Crippen molar-refractivity contribution in [3.8, 4) is 11.5 Å². The first-order valence-electron chi connectivity index (χ1n) is 13.3. The molecule has 1 saturated heterocycles. The van der Waals surface area contributed by atoms with Crippen molar-refractivity contribution >= 4 is 28.8 Å². The van der Waals surface area contributed by atoms with Gasteiger partial charge in [-0.1, -0.05) is 32.0 Å². The van der Waals surface area contributed by atoms with Crippen molar-refractivity contribution in [1.29, 1.82) is 0 Å². The number of carbonyl (C=O) groups excluding carboxylic acids is 2. The number of aliphatic hydroxyl groups excluding tert-OH is 1. The monoisotopic (exact) mass is 528 g/mol. The minimum absolute atomic E-state index is 0.0408. The molecule has 0 aliphatic carbocycles. The molecule has 0 spiro atoms. The van der Waals surface area contributed by atoms with E-state index in [1.807, 2.05) is 70.1 Å². The lowest BCUT2D eigenvalue weighted by atomic mass is 9.94. The van der Waals surface area contributed by atoms with Crippen LogP contribution < -0.4 is 19.3 Å². The first kappa shape index (κ1) is 27.8. The van der Waals surface area contributed by atoms with Gasteiger partial charge in [0.25, 0.3) is 11.7 Å². The van der Waals surface area contributed by atoms with Gasteiger partial charge in [-0.3, -0.25) is 14.5 Å². The van der Waals surface area contributed by atoms with Crippen molar-refractivity contribution in [2.45, 2.75) is 39.7 Å². The summed E-state index contributed by atoms with van der Waals surface area (Å²) in [6, 6.07) is 19.2. The van der Waals surface area contributed by atoms with E-state index in [-0.39, 0.29) is 11.3 Å². The molecular weight excluding hydrogens is 492 g/mol. The number of ketones is 1. The van der Waals surface area contributed by atoms with Crippen LogP contribution in [0.5, 0.6) is 11.5 Å². The number of amides is 1. The second kappa shape index (κ2) is 12.1. The summed E-state index contributed by atoms with van der Waals surface area (Å²) in [7, 11) is 3.89. The van der Waals surface area contributed by atoms with E-state index in [4.69, 9.17) is 9.47 Å². The third-order valence-electron chi connectivity index (χ3n) is 6.65. The van der Waals surface area contributed by atoms with E-state index in [1.54, 1.807) is 36.4 Å². The lowest BCUT2D eigenvalue weighted by molar-refractivity contribution is -0.132. The van der Waals surface area contributed by atoms with Crippen molar-refractivity contribution in [3.63, 3.8) is 0 Å². The highest BCUT2D eigenvalue weighted by atomic mass is 16.5. The van der Waals surface area contributed by atoms with Gasteiger partial charge in [0.2, 0.25) is 0 Å². The number of aliphatic hydroxyl groups is 1. The van der Waals surface area contributed by atoms with Crippen molar-refractivity contribution in [2.24, 2.45) is 0 Å². The summed E-state index contributed by atoms with van der Waals surface area (Å²) in [5.74, 6) is -0.339. The Labute approximate surface area is 230 Å². The molecule has 0 radical (unpaired) electrons. The van der Waals surface area contributed by atoms with Crippen LogP contribution in [-0.4, -0.2) is 44.1 Å². The molecule has 1 aliphatic heterocycles. The van der Waals surface area contributed by atoms with Gasteiger partial charge in [-0.25, -0.2) is 0 Å². The van der Waals surface area contributed by atoms with Crippen molar-refractivity contribution in [1.82, 2.24) is 0 Å². The fraction of sp³-hybridized carbons (Fsp3) is 0.312. The Kier molecular flexibility index (Phi) is 8.59. The van der Waals surface area contributed by atoms with E-state index in [0.29, 0.717) is 41.5 Å². The van der Waals surface area contributed by atoms with Crippen LogP contribution in [0, 0.1) is 6.92 Å². The molecule has 1 unspecified atom stereocenters. The van der Waals surface area contributed by atoms with Crippen molar-refractivity contribution < 1.29 is 24.2 Å². The minimum Gasteiger partial charge on any atom is -0.507 e. The summed E-state index contributed by atoms with van der Waals surface area (Å²) in [6.45, 7) is 7.06. The number of hydrogen-bond acceptors (Lipinski definition) is 6. The van der Waals surface area contributed by atoms with Crippen LogP contribution in [0.2, 0.25) is 0 Å². The van der Waals surface area contributed by atoms with E-state index in [1.165, 1.54) is 4.90 Å². The van der Waals surface area contributed by atoms with Crippen LogP contribution in [0.15, 0.2) is 72.3 Å². The summed E-state index contributed by atoms with van der Waals surface area (Å²) in [6.07, 6.45) is 1.72. The molecule has 0 aromatic heterocycles. The van der Waals surface area contributed by atoms with E-state index < -0.39 is 17.7 Å². The maximum atomic E-state index is 13.5. The number of benzene rings is 3.